The third kappa shape index (κ3) is 2.83. The summed E-state index contributed by atoms with van der Waals surface area (Å²) in [6.07, 6.45) is 5.05. The van der Waals surface area contributed by atoms with Crippen molar-refractivity contribution in [2.45, 2.75) is 51.2 Å². The molecule has 3 nitrogen and oxygen atoms in total. The van der Waals surface area contributed by atoms with E-state index in [1.807, 2.05) is 13.0 Å². The molecule has 25 heavy (non-hydrogen) atoms. The van der Waals surface area contributed by atoms with Gasteiger partial charge in [0.05, 0.1) is 10.6 Å². The molecular formula is C21H22N2OS. The Balaban J connectivity index is 1.44. The van der Waals surface area contributed by atoms with Crippen molar-refractivity contribution in [3.63, 3.8) is 0 Å². The average Bonchev–Trinajstić information content (AvgIpc) is 3.03. The standard InChI is InChI=1S/C21H22N2OS/c1-14-18(22-21(24-14)20-7-4-12-25-20)13-23(16-9-10-16)19-11-8-15-5-2-3-6-17(15)19/h2-7,12,16,19H,8-11,13H2,1H3. The van der Waals surface area contributed by atoms with Crippen molar-refractivity contribution < 1.29 is 4.42 Å². The first-order chi connectivity index (χ1) is 12.3. The first-order valence-corrected chi connectivity index (χ1v) is 10.0. The third-order valence-electron chi connectivity index (χ3n) is 5.47. The molecule has 2 aliphatic carbocycles. The van der Waals surface area contributed by atoms with E-state index in [4.69, 9.17) is 9.40 Å². The number of aryl methyl sites for hydroxylation is 2. The van der Waals surface area contributed by atoms with Crippen LogP contribution in [0.3, 0.4) is 0 Å². The van der Waals surface area contributed by atoms with Crippen molar-refractivity contribution in [3.05, 3.63) is 64.4 Å². The Bertz CT molecular complexity index is 879. The summed E-state index contributed by atoms with van der Waals surface area (Å²) in [5.41, 5.74) is 4.14. The molecule has 0 radical (unpaired) electrons. The van der Waals surface area contributed by atoms with Crippen LogP contribution in [-0.4, -0.2) is 15.9 Å². The second-order valence-corrected chi connectivity index (χ2v) is 8.10. The number of nitrogens with zero attached hydrogens (tertiary/aromatic N) is 2. The number of oxazole rings is 1. The minimum atomic E-state index is 0.532. The van der Waals surface area contributed by atoms with Gasteiger partial charge in [-0.3, -0.25) is 4.90 Å². The van der Waals surface area contributed by atoms with Gasteiger partial charge in [-0.15, -0.1) is 11.3 Å². The predicted octanol–water partition coefficient (Wildman–Crippen LogP) is 5.36. The molecule has 0 bridgehead atoms. The monoisotopic (exact) mass is 350 g/mol. The molecule has 1 fully saturated rings. The number of thiophene rings is 1. The number of benzene rings is 1. The molecule has 0 saturated heterocycles. The minimum absolute atomic E-state index is 0.532. The molecule has 1 unspecified atom stereocenters. The Morgan fingerprint density at radius 1 is 1.16 bits per heavy atom. The normalized spacial score (nSPS) is 19.5. The lowest BCUT2D eigenvalue weighted by atomic mass is 10.1. The van der Waals surface area contributed by atoms with E-state index in [1.165, 1.54) is 36.8 Å². The highest BCUT2D eigenvalue weighted by atomic mass is 32.1. The van der Waals surface area contributed by atoms with E-state index in [0.717, 1.165) is 28.8 Å². The Morgan fingerprint density at radius 2 is 2.04 bits per heavy atom. The zero-order chi connectivity index (χ0) is 16.8. The van der Waals surface area contributed by atoms with Gasteiger partial charge in [-0.1, -0.05) is 30.3 Å². The van der Waals surface area contributed by atoms with E-state index in [-0.39, 0.29) is 0 Å². The van der Waals surface area contributed by atoms with E-state index < -0.39 is 0 Å². The zero-order valence-corrected chi connectivity index (χ0v) is 15.3. The summed E-state index contributed by atoms with van der Waals surface area (Å²) in [5, 5.41) is 2.07. The summed E-state index contributed by atoms with van der Waals surface area (Å²) in [4.78, 5) is 8.62. The zero-order valence-electron chi connectivity index (χ0n) is 14.4. The largest absolute Gasteiger partial charge is 0.440 e. The molecule has 128 valence electrons. The van der Waals surface area contributed by atoms with E-state index in [9.17, 15) is 0 Å². The molecule has 0 spiro atoms. The van der Waals surface area contributed by atoms with Crippen molar-refractivity contribution in [1.29, 1.82) is 0 Å². The fourth-order valence-electron chi connectivity index (χ4n) is 4.03. The summed E-state index contributed by atoms with van der Waals surface area (Å²) < 4.78 is 5.96. The Kier molecular flexibility index (Phi) is 3.75. The Hall–Kier alpha value is -1.91. The topological polar surface area (TPSA) is 29.3 Å². The summed E-state index contributed by atoms with van der Waals surface area (Å²) in [5.74, 6) is 1.73. The molecule has 0 amide bonds. The molecule has 2 aromatic heterocycles. The lowest BCUT2D eigenvalue weighted by Gasteiger charge is -2.29. The molecule has 1 saturated carbocycles. The molecular weight excluding hydrogens is 328 g/mol. The van der Waals surface area contributed by atoms with Crippen molar-refractivity contribution >= 4 is 11.3 Å². The minimum Gasteiger partial charge on any atom is -0.440 e. The fraction of sp³-hybridized carbons (Fsp3) is 0.381. The highest BCUT2D eigenvalue weighted by Crippen LogP contribution is 2.43. The SMILES string of the molecule is Cc1oc(-c2cccs2)nc1CN(C1CC1)C1CCc2ccccc21. The maximum Gasteiger partial charge on any atom is 0.236 e. The summed E-state index contributed by atoms with van der Waals surface area (Å²) >= 11 is 1.68. The van der Waals surface area contributed by atoms with Gasteiger partial charge < -0.3 is 4.42 Å². The van der Waals surface area contributed by atoms with E-state index in [2.05, 4.69) is 40.6 Å². The van der Waals surface area contributed by atoms with Gasteiger partial charge in [0, 0.05) is 18.6 Å². The number of hydrogen-bond acceptors (Lipinski definition) is 4. The van der Waals surface area contributed by atoms with Crippen LogP contribution >= 0.6 is 11.3 Å². The van der Waals surface area contributed by atoms with E-state index >= 15 is 0 Å². The van der Waals surface area contributed by atoms with Crippen LogP contribution in [0.5, 0.6) is 0 Å². The molecule has 5 rings (SSSR count). The smallest absolute Gasteiger partial charge is 0.236 e. The Labute approximate surface area is 152 Å². The van der Waals surface area contributed by atoms with Crippen LogP contribution in [0.15, 0.2) is 46.2 Å². The van der Waals surface area contributed by atoms with Gasteiger partial charge in [0.1, 0.15) is 5.76 Å². The van der Waals surface area contributed by atoms with Crippen LogP contribution in [-0.2, 0) is 13.0 Å². The maximum absolute atomic E-state index is 5.96. The van der Waals surface area contributed by atoms with Crippen LogP contribution in [0.2, 0.25) is 0 Å². The van der Waals surface area contributed by atoms with Crippen LogP contribution in [0, 0.1) is 6.92 Å². The van der Waals surface area contributed by atoms with Gasteiger partial charge in [0.25, 0.3) is 0 Å². The van der Waals surface area contributed by atoms with Crippen molar-refractivity contribution in [3.8, 4) is 10.8 Å². The van der Waals surface area contributed by atoms with Crippen molar-refractivity contribution in [1.82, 2.24) is 9.88 Å². The van der Waals surface area contributed by atoms with E-state index in [0.29, 0.717) is 12.1 Å². The van der Waals surface area contributed by atoms with Crippen LogP contribution < -0.4 is 0 Å². The summed E-state index contributed by atoms with van der Waals surface area (Å²) in [7, 11) is 0. The highest BCUT2D eigenvalue weighted by molar-refractivity contribution is 7.13. The van der Waals surface area contributed by atoms with Gasteiger partial charge in [0.15, 0.2) is 0 Å². The molecule has 3 aromatic rings. The second-order valence-electron chi connectivity index (χ2n) is 7.16. The first kappa shape index (κ1) is 15.4. The van der Waals surface area contributed by atoms with E-state index in [1.54, 1.807) is 11.3 Å². The van der Waals surface area contributed by atoms with Crippen molar-refractivity contribution in [2.24, 2.45) is 0 Å². The fourth-order valence-corrected chi connectivity index (χ4v) is 4.68. The van der Waals surface area contributed by atoms with Crippen LogP contribution in [0.1, 0.15) is 47.9 Å². The lowest BCUT2D eigenvalue weighted by Crippen LogP contribution is -2.29. The maximum atomic E-state index is 5.96. The van der Waals surface area contributed by atoms with Crippen LogP contribution in [0.4, 0.5) is 0 Å². The highest BCUT2D eigenvalue weighted by Gasteiger charge is 2.38. The van der Waals surface area contributed by atoms with Gasteiger partial charge in [-0.25, -0.2) is 4.98 Å². The number of hydrogen-bond donors (Lipinski definition) is 0. The molecule has 2 aliphatic rings. The molecule has 0 N–H and O–H groups in total. The number of rotatable bonds is 5. The summed E-state index contributed by atoms with van der Waals surface area (Å²) in [6.45, 7) is 2.94. The molecule has 2 heterocycles. The third-order valence-corrected chi connectivity index (χ3v) is 6.33. The number of aromatic nitrogens is 1. The molecule has 0 aliphatic heterocycles. The van der Waals surface area contributed by atoms with Gasteiger partial charge >= 0.3 is 0 Å². The van der Waals surface area contributed by atoms with Gasteiger partial charge in [0.2, 0.25) is 5.89 Å². The summed E-state index contributed by atoms with van der Waals surface area (Å²) in [6, 6.07) is 14.3. The first-order valence-electron chi connectivity index (χ1n) is 9.13. The average molecular weight is 350 g/mol. The Morgan fingerprint density at radius 3 is 2.84 bits per heavy atom. The number of fused-ring (bicyclic) bond motifs is 1. The quantitative estimate of drug-likeness (QED) is 0.620. The molecule has 4 heteroatoms. The molecule has 1 atom stereocenters. The van der Waals surface area contributed by atoms with Crippen LogP contribution in [0.25, 0.3) is 10.8 Å². The molecule has 1 aromatic carbocycles. The van der Waals surface area contributed by atoms with Gasteiger partial charge in [-0.05, 0) is 55.2 Å². The lowest BCUT2D eigenvalue weighted by molar-refractivity contribution is 0.174. The predicted molar refractivity (Wildman–Crippen MR) is 101 cm³/mol. The van der Waals surface area contributed by atoms with Gasteiger partial charge in [-0.2, -0.15) is 0 Å². The van der Waals surface area contributed by atoms with Crippen molar-refractivity contribution in [2.75, 3.05) is 0 Å². The second kappa shape index (κ2) is 6.11.